The van der Waals surface area contributed by atoms with E-state index >= 15 is 0 Å². The minimum Gasteiger partial charge on any atom is -0.472 e. The highest BCUT2D eigenvalue weighted by atomic mass is 16.5. The number of furan rings is 1. The van der Waals surface area contributed by atoms with E-state index in [-0.39, 0.29) is 6.04 Å². The van der Waals surface area contributed by atoms with Gasteiger partial charge in [-0.3, -0.25) is 0 Å². The Morgan fingerprint density at radius 3 is 2.83 bits per heavy atom. The van der Waals surface area contributed by atoms with Crippen molar-refractivity contribution in [3.63, 3.8) is 0 Å². The predicted molar refractivity (Wildman–Crippen MR) is 71.1 cm³/mol. The number of hydrogen-bond acceptors (Lipinski definition) is 3. The summed E-state index contributed by atoms with van der Waals surface area (Å²) >= 11 is 0. The van der Waals surface area contributed by atoms with Crippen LogP contribution < -0.4 is 5.32 Å². The second-order valence-corrected chi connectivity index (χ2v) is 4.41. The number of benzene rings is 1. The van der Waals surface area contributed by atoms with E-state index in [1.54, 1.807) is 19.6 Å². The van der Waals surface area contributed by atoms with Gasteiger partial charge in [0.2, 0.25) is 0 Å². The molecule has 3 nitrogen and oxygen atoms in total. The van der Waals surface area contributed by atoms with Crippen molar-refractivity contribution in [1.82, 2.24) is 5.32 Å². The van der Waals surface area contributed by atoms with Gasteiger partial charge in [0.25, 0.3) is 0 Å². The topological polar surface area (TPSA) is 34.4 Å². The van der Waals surface area contributed by atoms with E-state index in [1.165, 1.54) is 16.7 Å². The van der Waals surface area contributed by atoms with Crippen LogP contribution in [-0.4, -0.2) is 7.11 Å². The Balaban J connectivity index is 1.91. The molecule has 0 aliphatic carbocycles. The van der Waals surface area contributed by atoms with Crippen LogP contribution in [0.3, 0.4) is 0 Å². The normalized spacial score (nSPS) is 12.6. The molecule has 2 rings (SSSR count). The van der Waals surface area contributed by atoms with Gasteiger partial charge in [-0.05, 0) is 24.1 Å². The smallest absolute Gasteiger partial charge is 0.0950 e. The maximum absolute atomic E-state index is 5.13. The molecule has 2 aromatic rings. The molecule has 1 N–H and O–H groups in total. The standard InChI is InChI=1S/C15H19NO2/c1-12(15-6-7-18-11-15)16-9-13-4-3-5-14(8-13)10-17-2/h3-8,11-12,16H,9-10H2,1-2H3. The zero-order valence-corrected chi connectivity index (χ0v) is 10.8. The Morgan fingerprint density at radius 1 is 1.28 bits per heavy atom. The van der Waals surface area contributed by atoms with Gasteiger partial charge in [-0.1, -0.05) is 24.3 Å². The van der Waals surface area contributed by atoms with Crippen LogP contribution in [-0.2, 0) is 17.9 Å². The molecule has 1 aromatic carbocycles. The largest absolute Gasteiger partial charge is 0.472 e. The van der Waals surface area contributed by atoms with Crippen LogP contribution in [0.4, 0.5) is 0 Å². The molecule has 0 aliphatic heterocycles. The van der Waals surface area contributed by atoms with Crippen LogP contribution in [0.15, 0.2) is 47.3 Å². The van der Waals surface area contributed by atoms with Gasteiger partial charge in [-0.2, -0.15) is 0 Å². The molecule has 18 heavy (non-hydrogen) atoms. The molecular weight excluding hydrogens is 226 g/mol. The molecule has 0 spiro atoms. The molecule has 1 unspecified atom stereocenters. The number of hydrogen-bond donors (Lipinski definition) is 1. The first kappa shape index (κ1) is 12.9. The van der Waals surface area contributed by atoms with E-state index in [0.717, 1.165) is 6.54 Å². The summed E-state index contributed by atoms with van der Waals surface area (Å²) in [6.07, 6.45) is 3.48. The van der Waals surface area contributed by atoms with Crippen LogP contribution in [0.2, 0.25) is 0 Å². The van der Waals surface area contributed by atoms with Crippen molar-refractivity contribution >= 4 is 0 Å². The molecule has 1 heterocycles. The van der Waals surface area contributed by atoms with Crippen LogP contribution in [0, 0.1) is 0 Å². The Labute approximate surface area is 108 Å². The molecule has 1 aromatic heterocycles. The van der Waals surface area contributed by atoms with E-state index < -0.39 is 0 Å². The van der Waals surface area contributed by atoms with Gasteiger partial charge in [0.1, 0.15) is 0 Å². The number of rotatable bonds is 6. The molecule has 0 saturated heterocycles. The van der Waals surface area contributed by atoms with Crippen molar-refractivity contribution in [2.24, 2.45) is 0 Å². The Morgan fingerprint density at radius 2 is 2.11 bits per heavy atom. The van der Waals surface area contributed by atoms with E-state index in [4.69, 9.17) is 9.15 Å². The second-order valence-electron chi connectivity index (χ2n) is 4.41. The lowest BCUT2D eigenvalue weighted by molar-refractivity contribution is 0.185. The summed E-state index contributed by atoms with van der Waals surface area (Å²) in [5, 5.41) is 3.47. The number of ether oxygens (including phenoxy) is 1. The average molecular weight is 245 g/mol. The zero-order chi connectivity index (χ0) is 12.8. The SMILES string of the molecule is COCc1cccc(CNC(C)c2ccoc2)c1. The molecular formula is C15H19NO2. The fourth-order valence-electron chi connectivity index (χ4n) is 1.91. The lowest BCUT2D eigenvalue weighted by Crippen LogP contribution is -2.17. The predicted octanol–water partition coefficient (Wildman–Crippen LogP) is 3.28. The van der Waals surface area contributed by atoms with Crippen molar-refractivity contribution in [1.29, 1.82) is 0 Å². The number of nitrogens with one attached hydrogen (secondary N) is 1. The van der Waals surface area contributed by atoms with Crippen LogP contribution in [0.25, 0.3) is 0 Å². The zero-order valence-electron chi connectivity index (χ0n) is 10.8. The van der Waals surface area contributed by atoms with Crippen molar-refractivity contribution in [3.8, 4) is 0 Å². The summed E-state index contributed by atoms with van der Waals surface area (Å²) in [4.78, 5) is 0. The van der Waals surface area contributed by atoms with Crippen molar-refractivity contribution in [3.05, 3.63) is 59.5 Å². The third-order valence-corrected chi connectivity index (χ3v) is 2.96. The third kappa shape index (κ3) is 3.45. The fourth-order valence-corrected chi connectivity index (χ4v) is 1.91. The van der Waals surface area contributed by atoms with E-state index in [1.807, 2.05) is 6.07 Å². The van der Waals surface area contributed by atoms with E-state index in [9.17, 15) is 0 Å². The second kappa shape index (κ2) is 6.38. The van der Waals surface area contributed by atoms with Gasteiger partial charge in [0.05, 0.1) is 19.1 Å². The number of methoxy groups -OCH3 is 1. The molecule has 1 atom stereocenters. The van der Waals surface area contributed by atoms with Crippen LogP contribution in [0.5, 0.6) is 0 Å². The quantitative estimate of drug-likeness (QED) is 0.848. The highest BCUT2D eigenvalue weighted by Crippen LogP contribution is 2.13. The first-order valence-electron chi connectivity index (χ1n) is 6.12. The monoisotopic (exact) mass is 245 g/mol. The summed E-state index contributed by atoms with van der Waals surface area (Å²) in [7, 11) is 1.71. The maximum atomic E-state index is 5.13. The van der Waals surface area contributed by atoms with E-state index in [2.05, 4.69) is 36.5 Å². The molecule has 0 fully saturated rings. The van der Waals surface area contributed by atoms with Gasteiger partial charge < -0.3 is 14.5 Å². The molecule has 0 saturated carbocycles. The summed E-state index contributed by atoms with van der Waals surface area (Å²) in [5.74, 6) is 0. The third-order valence-electron chi connectivity index (χ3n) is 2.96. The fraction of sp³-hybridized carbons (Fsp3) is 0.333. The minimum absolute atomic E-state index is 0.287. The Kier molecular flexibility index (Phi) is 4.56. The van der Waals surface area contributed by atoms with Gasteiger partial charge >= 0.3 is 0 Å². The first-order valence-corrected chi connectivity index (χ1v) is 6.12. The maximum Gasteiger partial charge on any atom is 0.0950 e. The van der Waals surface area contributed by atoms with Crippen molar-refractivity contribution in [2.45, 2.75) is 26.1 Å². The highest BCUT2D eigenvalue weighted by Gasteiger charge is 2.05. The van der Waals surface area contributed by atoms with E-state index in [0.29, 0.717) is 6.61 Å². The van der Waals surface area contributed by atoms with Gasteiger partial charge in [-0.15, -0.1) is 0 Å². The lowest BCUT2D eigenvalue weighted by atomic mass is 10.1. The molecule has 96 valence electrons. The van der Waals surface area contributed by atoms with Gasteiger partial charge in [0, 0.05) is 25.3 Å². The molecule has 0 bridgehead atoms. The Hall–Kier alpha value is -1.58. The molecule has 0 amide bonds. The molecule has 3 heteroatoms. The van der Waals surface area contributed by atoms with Gasteiger partial charge in [0.15, 0.2) is 0 Å². The Bertz CT molecular complexity index is 465. The summed E-state index contributed by atoms with van der Waals surface area (Å²) in [6, 6.07) is 10.7. The highest BCUT2D eigenvalue weighted by molar-refractivity contribution is 5.23. The van der Waals surface area contributed by atoms with Crippen LogP contribution >= 0.6 is 0 Å². The summed E-state index contributed by atoms with van der Waals surface area (Å²) in [5.41, 5.74) is 3.63. The minimum atomic E-state index is 0.287. The molecule has 0 radical (unpaired) electrons. The molecule has 0 aliphatic rings. The first-order chi connectivity index (χ1) is 8.79. The lowest BCUT2D eigenvalue weighted by Gasteiger charge is -2.12. The summed E-state index contributed by atoms with van der Waals surface area (Å²) < 4.78 is 10.2. The van der Waals surface area contributed by atoms with Gasteiger partial charge in [-0.25, -0.2) is 0 Å². The van der Waals surface area contributed by atoms with Crippen molar-refractivity contribution < 1.29 is 9.15 Å². The van der Waals surface area contributed by atoms with Crippen molar-refractivity contribution in [2.75, 3.05) is 7.11 Å². The average Bonchev–Trinajstić information content (AvgIpc) is 2.91. The summed E-state index contributed by atoms with van der Waals surface area (Å²) in [6.45, 7) is 3.62. The van der Waals surface area contributed by atoms with Crippen LogP contribution in [0.1, 0.15) is 29.7 Å².